The van der Waals surface area contributed by atoms with Gasteiger partial charge in [-0.05, 0) is 53.9 Å². The molecule has 0 saturated heterocycles. The lowest BCUT2D eigenvalue weighted by Gasteiger charge is -2.20. The molecule has 2 N–H and O–H groups in total. The van der Waals surface area contributed by atoms with Crippen LogP contribution in [-0.2, 0) is 0 Å². The summed E-state index contributed by atoms with van der Waals surface area (Å²) in [4.78, 5) is 0. The average molecular weight is 373 g/mol. The van der Waals surface area contributed by atoms with Crippen LogP contribution >= 0.6 is 0 Å². The number of benzene rings is 3. The van der Waals surface area contributed by atoms with Crippen molar-refractivity contribution >= 4 is 11.1 Å². The van der Waals surface area contributed by atoms with E-state index in [2.05, 4.69) is 29.6 Å². The molecule has 0 saturated carbocycles. The Balaban J connectivity index is 2.10. The van der Waals surface area contributed by atoms with Crippen molar-refractivity contribution in [1.82, 2.24) is 5.32 Å². The van der Waals surface area contributed by atoms with E-state index in [9.17, 15) is 5.11 Å². The normalized spacial score (nSPS) is 13.0. The van der Waals surface area contributed by atoms with Crippen molar-refractivity contribution in [3.05, 3.63) is 102 Å². The van der Waals surface area contributed by atoms with Gasteiger partial charge in [0.15, 0.2) is 0 Å². The molecule has 144 valence electrons. The summed E-state index contributed by atoms with van der Waals surface area (Å²) >= 11 is 0. The van der Waals surface area contributed by atoms with Crippen LogP contribution in [0.3, 0.4) is 0 Å². The van der Waals surface area contributed by atoms with Crippen molar-refractivity contribution in [2.75, 3.05) is 20.2 Å². The van der Waals surface area contributed by atoms with Crippen molar-refractivity contribution < 1.29 is 9.84 Å². The summed E-state index contributed by atoms with van der Waals surface area (Å²) in [6.45, 7) is 3.25. The van der Waals surface area contributed by atoms with Crippen molar-refractivity contribution in [2.45, 2.75) is 13.0 Å². The van der Waals surface area contributed by atoms with Crippen molar-refractivity contribution in [3.63, 3.8) is 0 Å². The summed E-state index contributed by atoms with van der Waals surface area (Å²) in [5, 5.41) is 13.7. The van der Waals surface area contributed by atoms with Gasteiger partial charge in [0.25, 0.3) is 0 Å². The minimum absolute atomic E-state index is 0.607. The van der Waals surface area contributed by atoms with Crippen LogP contribution in [0.2, 0.25) is 0 Å². The number of likely N-dealkylation sites (N-methyl/N-ethyl adjacent to an activating group) is 1. The van der Waals surface area contributed by atoms with Gasteiger partial charge >= 0.3 is 0 Å². The van der Waals surface area contributed by atoms with Gasteiger partial charge in [-0.25, -0.2) is 0 Å². The lowest BCUT2D eigenvalue weighted by atomic mass is 9.87. The van der Waals surface area contributed by atoms with E-state index in [-0.39, 0.29) is 0 Å². The van der Waals surface area contributed by atoms with Gasteiger partial charge < -0.3 is 15.2 Å². The molecule has 0 aliphatic rings. The number of rotatable bonds is 8. The molecule has 0 fully saturated rings. The highest BCUT2D eigenvalue weighted by Gasteiger charge is 2.17. The van der Waals surface area contributed by atoms with E-state index in [1.165, 1.54) is 0 Å². The van der Waals surface area contributed by atoms with Crippen LogP contribution < -0.4 is 10.1 Å². The number of hydrogen-bond acceptors (Lipinski definition) is 3. The molecule has 3 aromatic rings. The standard InChI is InChI=1S/C25H27NO2/c1-19(27)24(20-9-5-3-6-10-20)25(21-11-7-4-8-12-21)22-13-15-23(16-14-22)28-18-17-26-2/h3-16,19,26-27H,17-18H2,1-2H3/b25-24+/t19-/m0/s1. The Bertz CT molecular complexity index is 885. The molecule has 28 heavy (non-hydrogen) atoms. The summed E-state index contributed by atoms with van der Waals surface area (Å²) in [5.74, 6) is 0.838. The van der Waals surface area contributed by atoms with E-state index < -0.39 is 6.10 Å². The second kappa shape index (κ2) is 9.88. The van der Waals surface area contributed by atoms with Crippen molar-refractivity contribution in [3.8, 4) is 5.75 Å². The van der Waals surface area contributed by atoms with Crippen LogP contribution in [0.1, 0.15) is 23.6 Å². The van der Waals surface area contributed by atoms with E-state index >= 15 is 0 Å². The van der Waals surface area contributed by atoms with Crippen LogP contribution in [0, 0.1) is 0 Å². The van der Waals surface area contributed by atoms with Crippen LogP contribution in [0.15, 0.2) is 84.9 Å². The van der Waals surface area contributed by atoms with Gasteiger partial charge in [-0.1, -0.05) is 72.8 Å². The average Bonchev–Trinajstić information content (AvgIpc) is 2.74. The molecule has 3 rings (SSSR count). The van der Waals surface area contributed by atoms with E-state index in [1.54, 1.807) is 0 Å². The fraction of sp³-hybridized carbons (Fsp3) is 0.200. The fourth-order valence-electron chi connectivity index (χ4n) is 3.28. The highest BCUT2D eigenvalue weighted by Crippen LogP contribution is 2.35. The molecule has 0 aromatic heterocycles. The van der Waals surface area contributed by atoms with Crippen molar-refractivity contribution in [2.24, 2.45) is 0 Å². The number of nitrogens with one attached hydrogen (secondary N) is 1. The Hall–Kier alpha value is -2.88. The minimum atomic E-state index is -0.607. The quantitative estimate of drug-likeness (QED) is 0.447. The zero-order chi connectivity index (χ0) is 19.8. The summed E-state index contributed by atoms with van der Waals surface area (Å²) in [7, 11) is 1.91. The number of hydrogen-bond donors (Lipinski definition) is 2. The molecule has 1 atom stereocenters. The monoisotopic (exact) mass is 373 g/mol. The Kier molecular flexibility index (Phi) is 7.01. The highest BCUT2D eigenvalue weighted by atomic mass is 16.5. The third-order valence-electron chi connectivity index (χ3n) is 4.60. The Morgan fingerprint density at radius 2 is 1.36 bits per heavy atom. The zero-order valence-electron chi connectivity index (χ0n) is 16.4. The maximum Gasteiger partial charge on any atom is 0.119 e. The molecule has 0 aliphatic heterocycles. The Labute approximate surface area is 167 Å². The zero-order valence-corrected chi connectivity index (χ0v) is 16.4. The molecule has 3 nitrogen and oxygen atoms in total. The maximum absolute atomic E-state index is 10.7. The lowest BCUT2D eigenvalue weighted by molar-refractivity contribution is 0.253. The molecule has 0 aliphatic carbocycles. The fourth-order valence-corrected chi connectivity index (χ4v) is 3.28. The number of aliphatic hydroxyl groups excluding tert-OH is 1. The van der Waals surface area contributed by atoms with Crippen LogP contribution in [-0.4, -0.2) is 31.4 Å². The van der Waals surface area contributed by atoms with Crippen molar-refractivity contribution in [1.29, 1.82) is 0 Å². The Morgan fingerprint density at radius 3 is 1.89 bits per heavy atom. The number of ether oxygens (including phenoxy) is 1. The molecule has 0 spiro atoms. The van der Waals surface area contributed by atoms with E-state index in [0.717, 1.165) is 40.1 Å². The first kappa shape index (κ1) is 19.9. The first-order valence-electron chi connectivity index (χ1n) is 9.61. The van der Waals surface area contributed by atoms with Gasteiger partial charge in [-0.3, -0.25) is 0 Å². The topological polar surface area (TPSA) is 41.5 Å². The van der Waals surface area contributed by atoms with Gasteiger partial charge in [-0.2, -0.15) is 0 Å². The van der Waals surface area contributed by atoms with Crippen LogP contribution in [0.4, 0.5) is 0 Å². The van der Waals surface area contributed by atoms with E-state index in [0.29, 0.717) is 6.61 Å². The largest absolute Gasteiger partial charge is 0.492 e. The first-order valence-corrected chi connectivity index (χ1v) is 9.61. The summed E-state index contributed by atoms with van der Waals surface area (Å²) in [6.07, 6.45) is -0.607. The van der Waals surface area contributed by atoms with E-state index in [1.807, 2.05) is 74.6 Å². The minimum Gasteiger partial charge on any atom is -0.492 e. The highest BCUT2D eigenvalue weighted by molar-refractivity contribution is 5.99. The second-order valence-corrected chi connectivity index (χ2v) is 6.67. The summed E-state index contributed by atoms with van der Waals surface area (Å²) < 4.78 is 5.75. The molecule has 3 aromatic carbocycles. The summed E-state index contributed by atoms with van der Waals surface area (Å²) in [6, 6.07) is 28.4. The summed E-state index contributed by atoms with van der Waals surface area (Å²) in [5.41, 5.74) is 5.09. The van der Waals surface area contributed by atoms with Gasteiger partial charge in [0.2, 0.25) is 0 Å². The first-order chi connectivity index (χ1) is 13.7. The molecular formula is C25H27NO2. The molecule has 0 unspecified atom stereocenters. The van der Waals surface area contributed by atoms with E-state index in [4.69, 9.17) is 4.74 Å². The Morgan fingerprint density at radius 1 is 0.821 bits per heavy atom. The predicted octanol–water partition coefficient (Wildman–Crippen LogP) is 4.62. The van der Waals surface area contributed by atoms with Gasteiger partial charge in [0, 0.05) is 6.54 Å². The van der Waals surface area contributed by atoms with Gasteiger partial charge in [0.1, 0.15) is 12.4 Å². The smallest absolute Gasteiger partial charge is 0.119 e. The second-order valence-electron chi connectivity index (χ2n) is 6.67. The van der Waals surface area contributed by atoms with Gasteiger partial charge in [-0.15, -0.1) is 0 Å². The lowest BCUT2D eigenvalue weighted by Crippen LogP contribution is -2.15. The van der Waals surface area contributed by atoms with Gasteiger partial charge in [0.05, 0.1) is 6.10 Å². The third kappa shape index (κ3) is 4.89. The molecule has 3 heteroatoms. The molecule has 0 heterocycles. The van der Waals surface area contributed by atoms with Crippen LogP contribution in [0.25, 0.3) is 11.1 Å². The number of aliphatic hydroxyl groups is 1. The molecule has 0 radical (unpaired) electrons. The molecule has 0 amide bonds. The SMILES string of the molecule is CNCCOc1ccc(/C(=C(/c2ccccc2)[C@H](C)O)c2ccccc2)cc1. The van der Waals surface area contributed by atoms with Crippen LogP contribution in [0.5, 0.6) is 5.75 Å². The maximum atomic E-state index is 10.7. The molecule has 0 bridgehead atoms. The third-order valence-corrected chi connectivity index (χ3v) is 4.60. The molecular weight excluding hydrogens is 346 g/mol. The predicted molar refractivity (Wildman–Crippen MR) is 116 cm³/mol.